The molecule has 1 N–H and O–H groups in total. The Bertz CT molecular complexity index is 928. The summed E-state index contributed by atoms with van der Waals surface area (Å²) in [7, 11) is 2.87. The Morgan fingerprint density at radius 2 is 1.74 bits per heavy atom. The molecule has 0 spiro atoms. The third-order valence-electron chi connectivity index (χ3n) is 4.55. The number of nitrogens with zero attached hydrogens (tertiary/aromatic N) is 1. The number of hydrogen-bond acceptors (Lipinski definition) is 6. The average molecular weight is 428 g/mol. The summed E-state index contributed by atoms with van der Waals surface area (Å²) in [5, 5.41) is 2.80. The Labute approximate surface area is 182 Å². The van der Waals surface area contributed by atoms with Crippen molar-refractivity contribution in [2.45, 2.75) is 20.3 Å². The lowest BCUT2D eigenvalue weighted by Crippen LogP contribution is -2.40. The number of nitrogens with one attached hydrogen (secondary N) is 1. The van der Waals surface area contributed by atoms with Gasteiger partial charge in [0.15, 0.2) is 18.1 Å². The fraction of sp³-hybridized carbons (Fsp3) is 0.348. The molecule has 0 atom stereocenters. The van der Waals surface area contributed by atoms with E-state index in [0.717, 1.165) is 5.56 Å². The fourth-order valence-corrected chi connectivity index (χ4v) is 2.98. The zero-order valence-electron chi connectivity index (χ0n) is 18.3. The number of amides is 2. The first-order chi connectivity index (χ1) is 14.9. The van der Waals surface area contributed by atoms with Gasteiger partial charge in [-0.2, -0.15) is 0 Å². The summed E-state index contributed by atoms with van der Waals surface area (Å²) < 4.78 is 15.6. The molecule has 166 valence electrons. The van der Waals surface area contributed by atoms with E-state index in [2.05, 4.69) is 5.32 Å². The first-order valence-electron chi connectivity index (χ1n) is 9.92. The van der Waals surface area contributed by atoms with Crippen molar-refractivity contribution in [3.8, 4) is 11.5 Å². The van der Waals surface area contributed by atoms with Crippen molar-refractivity contribution < 1.29 is 28.6 Å². The number of ether oxygens (including phenoxy) is 3. The van der Waals surface area contributed by atoms with Crippen LogP contribution in [0.5, 0.6) is 11.5 Å². The summed E-state index contributed by atoms with van der Waals surface area (Å²) in [6.45, 7) is 3.52. The van der Waals surface area contributed by atoms with E-state index in [0.29, 0.717) is 24.4 Å². The molecular weight excluding hydrogens is 400 g/mol. The van der Waals surface area contributed by atoms with Crippen LogP contribution in [0.1, 0.15) is 29.3 Å². The number of esters is 1. The predicted molar refractivity (Wildman–Crippen MR) is 117 cm³/mol. The zero-order valence-corrected chi connectivity index (χ0v) is 18.3. The summed E-state index contributed by atoms with van der Waals surface area (Å²) >= 11 is 0. The molecule has 2 amide bonds. The molecule has 2 rings (SSSR count). The molecule has 8 heteroatoms. The van der Waals surface area contributed by atoms with Crippen LogP contribution in [-0.2, 0) is 14.3 Å². The molecule has 2 aromatic carbocycles. The van der Waals surface area contributed by atoms with E-state index in [1.54, 1.807) is 18.2 Å². The Morgan fingerprint density at radius 3 is 2.39 bits per heavy atom. The van der Waals surface area contributed by atoms with E-state index in [1.807, 2.05) is 32.0 Å². The molecule has 0 fully saturated rings. The molecule has 0 saturated carbocycles. The van der Waals surface area contributed by atoms with Crippen LogP contribution in [0.2, 0.25) is 0 Å². The van der Waals surface area contributed by atoms with Gasteiger partial charge < -0.3 is 24.4 Å². The zero-order chi connectivity index (χ0) is 22.8. The summed E-state index contributed by atoms with van der Waals surface area (Å²) in [6.07, 6.45) is 0.654. The van der Waals surface area contributed by atoms with Crippen molar-refractivity contribution in [1.82, 2.24) is 4.90 Å². The van der Waals surface area contributed by atoms with Crippen LogP contribution in [0.25, 0.3) is 0 Å². The van der Waals surface area contributed by atoms with Crippen molar-refractivity contribution in [3.05, 3.63) is 53.6 Å². The summed E-state index contributed by atoms with van der Waals surface area (Å²) in [5.41, 5.74) is 1.76. The van der Waals surface area contributed by atoms with Gasteiger partial charge in [-0.3, -0.25) is 9.59 Å². The van der Waals surface area contributed by atoms with Gasteiger partial charge in [0.2, 0.25) is 5.91 Å². The number of rotatable bonds is 10. The van der Waals surface area contributed by atoms with Crippen LogP contribution in [0.15, 0.2) is 42.5 Å². The standard InChI is InChI=1S/C23H28N2O6/c1-5-13-25(14-20(26)24-18-11-7-6-9-16(18)2)21(27)15-31-23(28)17-10-8-12-19(29-3)22(17)30-4/h6-12H,5,13-15H2,1-4H3,(H,24,26). The fourth-order valence-electron chi connectivity index (χ4n) is 2.98. The highest BCUT2D eigenvalue weighted by molar-refractivity contribution is 5.97. The maximum absolute atomic E-state index is 12.6. The smallest absolute Gasteiger partial charge is 0.342 e. The number of carbonyl (C=O) groups is 3. The number of aryl methyl sites for hydroxylation is 1. The molecule has 0 unspecified atom stereocenters. The Balaban J connectivity index is 2.00. The summed E-state index contributed by atoms with van der Waals surface area (Å²) in [4.78, 5) is 38.9. The minimum absolute atomic E-state index is 0.138. The number of methoxy groups -OCH3 is 2. The molecule has 0 heterocycles. The molecule has 0 bridgehead atoms. The van der Waals surface area contributed by atoms with E-state index >= 15 is 0 Å². The molecule has 0 aliphatic rings. The van der Waals surface area contributed by atoms with E-state index in [4.69, 9.17) is 14.2 Å². The topological polar surface area (TPSA) is 94.2 Å². The monoisotopic (exact) mass is 428 g/mol. The van der Waals surface area contributed by atoms with Crippen LogP contribution >= 0.6 is 0 Å². The SMILES string of the molecule is CCCN(CC(=O)Nc1ccccc1C)C(=O)COC(=O)c1cccc(OC)c1OC. The normalized spacial score (nSPS) is 10.2. The molecule has 2 aromatic rings. The molecule has 31 heavy (non-hydrogen) atoms. The Kier molecular flexibility index (Phi) is 8.87. The van der Waals surface area contributed by atoms with Gasteiger partial charge in [-0.25, -0.2) is 4.79 Å². The van der Waals surface area contributed by atoms with Crippen molar-refractivity contribution in [1.29, 1.82) is 0 Å². The second kappa shape index (κ2) is 11.6. The van der Waals surface area contributed by atoms with Crippen molar-refractivity contribution in [2.24, 2.45) is 0 Å². The van der Waals surface area contributed by atoms with E-state index in [9.17, 15) is 14.4 Å². The van der Waals surface area contributed by atoms with Crippen molar-refractivity contribution >= 4 is 23.5 Å². The molecule has 0 saturated heterocycles. The van der Waals surface area contributed by atoms with Gasteiger partial charge in [-0.05, 0) is 37.1 Å². The number of para-hydroxylation sites is 2. The maximum Gasteiger partial charge on any atom is 0.342 e. The van der Waals surface area contributed by atoms with Crippen LogP contribution in [0, 0.1) is 6.92 Å². The molecule has 0 aliphatic heterocycles. The van der Waals surface area contributed by atoms with E-state index < -0.39 is 18.5 Å². The lowest BCUT2D eigenvalue weighted by Gasteiger charge is -2.22. The average Bonchev–Trinajstić information content (AvgIpc) is 2.77. The minimum Gasteiger partial charge on any atom is -0.493 e. The lowest BCUT2D eigenvalue weighted by molar-refractivity contribution is -0.137. The quantitative estimate of drug-likeness (QED) is 0.585. The predicted octanol–water partition coefficient (Wildman–Crippen LogP) is 3.05. The number of carbonyl (C=O) groups excluding carboxylic acids is 3. The maximum atomic E-state index is 12.6. The first-order valence-corrected chi connectivity index (χ1v) is 9.92. The minimum atomic E-state index is -0.718. The molecule has 0 aromatic heterocycles. The van der Waals surface area contributed by atoms with Crippen molar-refractivity contribution in [2.75, 3.05) is 39.2 Å². The molecular formula is C23H28N2O6. The third-order valence-corrected chi connectivity index (χ3v) is 4.55. The van der Waals surface area contributed by atoms with Gasteiger partial charge in [0.05, 0.1) is 20.8 Å². The second-order valence-electron chi connectivity index (χ2n) is 6.80. The van der Waals surface area contributed by atoms with Crippen LogP contribution in [-0.4, -0.2) is 56.6 Å². The van der Waals surface area contributed by atoms with Gasteiger partial charge in [0.25, 0.3) is 5.91 Å². The number of hydrogen-bond donors (Lipinski definition) is 1. The van der Waals surface area contributed by atoms with Gasteiger partial charge in [0.1, 0.15) is 5.56 Å². The molecule has 0 aliphatic carbocycles. The van der Waals surface area contributed by atoms with Gasteiger partial charge in [0, 0.05) is 12.2 Å². The van der Waals surface area contributed by atoms with Gasteiger partial charge in [-0.15, -0.1) is 0 Å². The highest BCUT2D eigenvalue weighted by Gasteiger charge is 2.22. The molecule has 8 nitrogen and oxygen atoms in total. The van der Waals surface area contributed by atoms with Gasteiger partial charge >= 0.3 is 5.97 Å². The third kappa shape index (κ3) is 6.47. The van der Waals surface area contributed by atoms with Crippen LogP contribution < -0.4 is 14.8 Å². The van der Waals surface area contributed by atoms with Crippen LogP contribution in [0.3, 0.4) is 0 Å². The summed E-state index contributed by atoms with van der Waals surface area (Å²) in [5.74, 6) is -0.895. The number of anilines is 1. The Hall–Kier alpha value is -3.55. The largest absolute Gasteiger partial charge is 0.493 e. The van der Waals surface area contributed by atoms with E-state index in [1.165, 1.54) is 25.2 Å². The summed E-state index contributed by atoms with van der Waals surface area (Å²) in [6, 6.07) is 12.2. The highest BCUT2D eigenvalue weighted by Crippen LogP contribution is 2.31. The highest BCUT2D eigenvalue weighted by atomic mass is 16.5. The first kappa shape index (κ1) is 23.7. The van der Waals surface area contributed by atoms with E-state index in [-0.39, 0.29) is 23.8 Å². The second-order valence-corrected chi connectivity index (χ2v) is 6.80. The Morgan fingerprint density at radius 1 is 1.00 bits per heavy atom. The van der Waals surface area contributed by atoms with Crippen LogP contribution in [0.4, 0.5) is 5.69 Å². The van der Waals surface area contributed by atoms with Crippen molar-refractivity contribution in [3.63, 3.8) is 0 Å². The lowest BCUT2D eigenvalue weighted by atomic mass is 10.2. The van der Waals surface area contributed by atoms with Gasteiger partial charge in [-0.1, -0.05) is 31.2 Å². The molecule has 0 radical (unpaired) electrons. The number of benzene rings is 2.